The molecule has 0 radical (unpaired) electrons. The monoisotopic (exact) mass is 292 g/mol. The molecule has 2 saturated heterocycles. The van der Waals surface area contributed by atoms with E-state index < -0.39 is 18.2 Å². The molecule has 0 unspecified atom stereocenters. The molecular formula is C16H20O5. The molecule has 0 bridgehead atoms. The first kappa shape index (κ1) is 14.7. The average molecular weight is 292 g/mol. The van der Waals surface area contributed by atoms with Gasteiger partial charge in [0.05, 0.1) is 19.6 Å². The van der Waals surface area contributed by atoms with Crippen LogP contribution in [0.4, 0.5) is 0 Å². The molecular weight excluding hydrogens is 272 g/mol. The minimum absolute atomic E-state index is 0.0145. The second kappa shape index (κ2) is 5.85. The van der Waals surface area contributed by atoms with E-state index >= 15 is 0 Å². The van der Waals surface area contributed by atoms with E-state index in [0.717, 1.165) is 5.56 Å². The lowest BCUT2D eigenvalue weighted by molar-refractivity contribution is -0.332. The standard InChI is InChI=1S/C16H20O5/c1-16(2)19-10-13-15(21-16)12(17)8-14(20-13)18-9-11-6-4-3-5-7-11/h3-7,13-15H,8-10H2,1-2H3/t13-,14+,15+/m1/s1. The van der Waals surface area contributed by atoms with Crippen LogP contribution in [-0.4, -0.2) is 36.7 Å². The Morgan fingerprint density at radius 2 is 2.05 bits per heavy atom. The van der Waals surface area contributed by atoms with Crippen molar-refractivity contribution in [3.05, 3.63) is 35.9 Å². The summed E-state index contributed by atoms with van der Waals surface area (Å²) in [6.45, 7) is 4.36. The van der Waals surface area contributed by atoms with Crippen LogP contribution in [0.2, 0.25) is 0 Å². The van der Waals surface area contributed by atoms with E-state index in [4.69, 9.17) is 18.9 Å². The largest absolute Gasteiger partial charge is 0.348 e. The number of carbonyl (C=O) groups is 1. The van der Waals surface area contributed by atoms with Crippen LogP contribution in [-0.2, 0) is 30.3 Å². The molecule has 0 spiro atoms. The Hall–Kier alpha value is -1.27. The molecule has 1 aromatic carbocycles. The zero-order valence-electron chi connectivity index (χ0n) is 12.3. The number of carbonyl (C=O) groups excluding carboxylic acids is 1. The van der Waals surface area contributed by atoms with Crippen LogP contribution in [0, 0.1) is 0 Å². The van der Waals surface area contributed by atoms with Gasteiger partial charge in [0, 0.05) is 0 Å². The SMILES string of the molecule is CC1(C)OC[C@H]2O[C@H](OCc3ccccc3)CC(=O)[C@@H]2O1. The number of ether oxygens (including phenoxy) is 4. The molecule has 5 heteroatoms. The molecule has 2 heterocycles. The Bertz CT molecular complexity index is 499. The van der Waals surface area contributed by atoms with Gasteiger partial charge in [-0.3, -0.25) is 4.79 Å². The normalized spacial score (nSPS) is 31.7. The predicted octanol–water partition coefficient (Wildman–Crippen LogP) is 2.04. The number of hydrogen-bond donors (Lipinski definition) is 0. The Labute approximate surface area is 124 Å². The highest BCUT2D eigenvalue weighted by molar-refractivity contribution is 5.84. The van der Waals surface area contributed by atoms with E-state index in [1.165, 1.54) is 0 Å². The van der Waals surface area contributed by atoms with E-state index in [0.29, 0.717) is 13.2 Å². The zero-order chi connectivity index (χ0) is 14.9. The smallest absolute Gasteiger partial charge is 0.169 e. The van der Waals surface area contributed by atoms with Crippen molar-refractivity contribution >= 4 is 5.78 Å². The summed E-state index contributed by atoms with van der Waals surface area (Å²) in [7, 11) is 0. The summed E-state index contributed by atoms with van der Waals surface area (Å²) in [6.07, 6.45) is -1.26. The van der Waals surface area contributed by atoms with Crippen LogP contribution < -0.4 is 0 Å². The first-order valence-corrected chi connectivity index (χ1v) is 7.19. The lowest BCUT2D eigenvalue weighted by atomic mass is 10.0. The first-order valence-electron chi connectivity index (χ1n) is 7.19. The van der Waals surface area contributed by atoms with Gasteiger partial charge in [-0.25, -0.2) is 0 Å². The van der Waals surface area contributed by atoms with Gasteiger partial charge in [0.2, 0.25) is 0 Å². The Morgan fingerprint density at radius 1 is 1.29 bits per heavy atom. The lowest BCUT2D eigenvalue weighted by Crippen LogP contribution is -2.57. The third-order valence-corrected chi connectivity index (χ3v) is 3.63. The second-order valence-electron chi connectivity index (χ2n) is 5.82. The van der Waals surface area contributed by atoms with Crippen molar-refractivity contribution in [2.75, 3.05) is 6.61 Å². The van der Waals surface area contributed by atoms with Gasteiger partial charge in [-0.1, -0.05) is 30.3 Å². The maximum Gasteiger partial charge on any atom is 0.169 e. The molecule has 5 nitrogen and oxygen atoms in total. The van der Waals surface area contributed by atoms with E-state index in [9.17, 15) is 4.79 Å². The van der Waals surface area contributed by atoms with Crippen LogP contribution in [0.5, 0.6) is 0 Å². The van der Waals surface area contributed by atoms with E-state index in [1.807, 2.05) is 30.3 Å². The summed E-state index contributed by atoms with van der Waals surface area (Å²) in [4.78, 5) is 12.2. The van der Waals surface area contributed by atoms with Crippen molar-refractivity contribution < 1.29 is 23.7 Å². The number of ketones is 1. The molecule has 0 saturated carbocycles. The van der Waals surface area contributed by atoms with Crippen molar-refractivity contribution in [1.82, 2.24) is 0 Å². The summed E-state index contributed by atoms with van der Waals surface area (Å²) in [5, 5.41) is 0. The third-order valence-electron chi connectivity index (χ3n) is 3.63. The van der Waals surface area contributed by atoms with Gasteiger partial charge in [-0.2, -0.15) is 0 Å². The van der Waals surface area contributed by atoms with Crippen LogP contribution in [0.1, 0.15) is 25.8 Å². The van der Waals surface area contributed by atoms with Gasteiger partial charge in [0.15, 0.2) is 17.9 Å². The quantitative estimate of drug-likeness (QED) is 0.853. The summed E-state index contributed by atoms with van der Waals surface area (Å²) >= 11 is 0. The van der Waals surface area contributed by atoms with Crippen LogP contribution >= 0.6 is 0 Å². The number of fused-ring (bicyclic) bond motifs is 1. The molecule has 3 rings (SSSR count). The molecule has 2 fully saturated rings. The molecule has 0 amide bonds. The summed E-state index contributed by atoms with van der Waals surface area (Å²) in [5.41, 5.74) is 1.05. The molecule has 1 aromatic rings. The van der Waals surface area contributed by atoms with Gasteiger partial charge in [0.25, 0.3) is 0 Å². The zero-order valence-corrected chi connectivity index (χ0v) is 12.3. The van der Waals surface area contributed by atoms with E-state index in [2.05, 4.69) is 0 Å². The van der Waals surface area contributed by atoms with Crippen LogP contribution in [0.15, 0.2) is 30.3 Å². The molecule has 0 aliphatic carbocycles. The van der Waals surface area contributed by atoms with Crippen LogP contribution in [0.25, 0.3) is 0 Å². The molecule has 3 atom stereocenters. The number of rotatable bonds is 3. The highest BCUT2D eigenvalue weighted by Gasteiger charge is 2.46. The minimum Gasteiger partial charge on any atom is -0.348 e. The van der Waals surface area contributed by atoms with Gasteiger partial charge in [-0.15, -0.1) is 0 Å². The van der Waals surface area contributed by atoms with E-state index in [-0.39, 0.29) is 18.3 Å². The topological polar surface area (TPSA) is 54.0 Å². The van der Waals surface area contributed by atoms with Crippen molar-refractivity contribution in [3.8, 4) is 0 Å². The highest BCUT2D eigenvalue weighted by atomic mass is 16.8. The van der Waals surface area contributed by atoms with Crippen molar-refractivity contribution in [1.29, 1.82) is 0 Å². The van der Waals surface area contributed by atoms with E-state index in [1.54, 1.807) is 13.8 Å². The maximum atomic E-state index is 12.2. The Kier molecular flexibility index (Phi) is 4.08. The summed E-state index contributed by atoms with van der Waals surface area (Å²) < 4.78 is 22.7. The van der Waals surface area contributed by atoms with Crippen molar-refractivity contribution in [3.63, 3.8) is 0 Å². The fourth-order valence-electron chi connectivity index (χ4n) is 2.55. The highest BCUT2D eigenvalue weighted by Crippen LogP contribution is 2.30. The Balaban J connectivity index is 1.57. The maximum absolute atomic E-state index is 12.2. The second-order valence-corrected chi connectivity index (χ2v) is 5.82. The van der Waals surface area contributed by atoms with Gasteiger partial charge >= 0.3 is 0 Å². The summed E-state index contributed by atoms with van der Waals surface area (Å²) in [6, 6.07) is 9.80. The number of hydrogen-bond acceptors (Lipinski definition) is 5. The van der Waals surface area contributed by atoms with Crippen LogP contribution in [0.3, 0.4) is 0 Å². The van der Waals surface area contributed by atoms with Gasteiger partial charge in [0.1, 0.15) is 12.2 Å². The van der Waals surface area contributed by atoms with Gasteiger partial charge < -0.3 is 18.9 Å². The first-order chi connectivity index (χ1) is 10.0. The van der Waals surface area contributed by atoms with Crippen molar-refractivity contribution in [2.24, 2.45) is 0 Å². The molecule has 2 aliphatic rings. The molecule has 0 aromatic heterocycles. The predicted molar refractivity (Wildman–Crippen MR) is 74.4 cm³/mol. The molecule has 0 N–H and O–H groups in total. The Morgan fingerprint density at radius 3 is 2.81 bits per heavy atom. The summed E-state index contributed by atoms with van der Waals surface area (Å²) in [5.74, 6) is -0.724. The number of benzene rings is 1. The molecule has 2 aliphatic heterocycles. The molecule has 114 valence electrons. The fraction of sp³-hybridized carbons (Fsp3) is 0.562. The molecule has 21 heavy (non-hydrogen) atoms. The third kappa shape index (κ3) is 3.49. The van der Waals surface area contributed by atoms with Crippen molar-refractivity contribution in [2.45, 2.75) is 51.2 Å². The number of Topliss-reactive ketones (excluding diaryl/α,β-unsaturated/α-hetero) is 1. The fourth-order valence-corrected chi connectivity index (χ4v) is 2.55. The average Bonchev–Trinajstić information content (AvgIpc) is 2.47. The lowest BCUT2D eigenvalue weighted by Gasteiger charge is -2.43. The minimum atomic E-state index is -0.738. The van der Waals surface area contributed by atoms with Gasteiger partial charge in [-0.05, 0) is 19.4 Å².